The Kier molecular flexibility index (Phi) is 9.11. The Balaban J connectivity index is 2.08. The van der Waals surface area contributed by atoms with Crippen molar-refractivity contribution in [3.8, 4) is 0 Å². The zero-order valence-corrected chi connectivity index (χ0v) is 20.5. The molecular formula is C26H40O6. The third-order valence-electron chi connectivity index (χ3n) is 7.86. The second-order valence-corrected chi connectivity index (χ2v) is 10.1. The quantitative estimate of drug-likeness (QED) is 0.210. The highest BCUT2D eigenvalue weighted by Gasteiger charge is 2.54. The van der Waals surface area contributed by atoms with E-state index in [4.69, 9.17) is 9.47 Å². The van der Waals surface area contributed by atoms with Gasteiger partial charge in [-0.3, -0.25) is 9.59 Å². The first kappa shape index (κ1) is 26.1. The summed E-state index contributed by atoms with van der Waals surface area (Å²) in [5.74, 6) is -0.254. The van der Waals surface area contributed by atoms with Crippen LogP contribution in [0, 0.1) is 22.7 Å². The molecule has 0 heterocycles. The van der Waals surface area contributed by atoms with Gasteiger partial charge < -0.3 is 14.2 Å². The maximum atomic E-state index is 12.2. The lowest BCUT2D eigenvalue weighted by atomic mass is 9.47. The van der Waals surface area contributed by atoms with Crippen molar-refractivity contribution in [2.75, 3.05) is 20.8 Å². The van der Waals surface area contributed by atoms with Gasteiger partial charge in [-0.1, -0.05) is 38.0 Å². The van der Waals surface area contributed by atoms with Crippen LogP contribution in [0.3, 0.4) is 0 Å². The number of methoxy groups -OCH3 is 2. The number of esters is 3. The van der Waals surface area contributed by atoms with Crippen LogP contribution < -0.4 is 0 Å². The topological polar surface area (TPSA) is 78.9 Å². The van der Waals surface area contributed by atoms with Gasteiger partial charge in [0.2, 0.25) is 0 Å². The Morgan fingerprint density at radius 3 is 2.41 bits per heavy atom. The molecule has 2 rings (SSSR count). The van der Waals surface area contributed by atoms with E-state index in [1.54, 1.807) is 6.08 Å². The third-order valence-corrected chi connectivity index (χ3v) is 7.86. The minimum Gasteiger partial charge on any atom is -0.469 e. The predicted molar refractivity (Wildman–Crippen MR) is 123 cm³/mol. The molecule has 180 valence electrons. The fourth-order valence-electron chi connectivity index (χ4n) is 6.12. The smallest absolute Gasteiger partial charge is 0.330 e. The molecular weight excluding hydrogens is 408 g/mol. The Morgan fingerprint density at radius 2 is 1.75 bits per heavy atom. The zero-order valence-electron chi connectivity index (χ0n) is 20.5. The fraction of sp³-hybridized carbons (Fsp3) is 0.731. The molecule has 0 aliphatic heterocycles. The van der Waals surface area contributed by atoms with Crippen molar-refractivity contribution in [3.63, 3.8) is 0 Å². The zero-order chi connectivity index (χ0) is 23.9. The van der Waals surface area contributed by atoms with E-state index < -0.39 is 5.97 Å². The van der Waals surface area contributed by atoms with Gasteiger partial charge in [0.05, 0.1) is 33.7 Å². The molecule has 2 saturated carbocycles. The molecule has 0 saturated heterocycles. The van der Waals surface area contributed by atoms with Gasteiger partial charge >= 0.3 is 17.9 Å². The first-order valence-electron chi connectivity index (χ1n) is 11.7. The van der Waals surface area contributed by atoms with Crippen LogP contribution in [-0.4, -0.2) is 38.7 Å². The summed E-state index contributed by atoms with van der Waals surface area (Å²) in [6.07, 6.45) is 8.75. The summed E-state index contributed by atoms with van der Waals surface area (Å²) >= 11 is 0. The SMILES string of the molecule is C=C1CCC2C(C)(COC(=O)CCC(=O)OC)CCCC2(C)C1CCC(C)=CC(=O)OC. The van der Waals surface area contributed by atoms with E-state index in [9.17, 15) is 14.4 Å². The van der Waals surface area contributed by atoms with Crippen molar-refractivity contribution in [1.29, 1.82) is 0 Å². The van der Waals surface area contributed by atoms with Gasteiger partial charge in [-0.15, -0.1) is 0 Å². The average Bonchev–Trinajstić information content (AvgIpc) is 2.75. The van der Waals surface area contributed by atoms with Crippen LogP contribution in [-0.2, 0) is 28.6 Å². The van der Waals surface area contributed by atoms with E-state index in [-0.39, 0.29) is 35.6 Å². The predicted octanol–water partition coefficient (Wildman–Crippen LogP) is 5.16. The molecule has 0 spiro atoms. The van der Waals surface area contributed by atoms with Gasteiger partial charge in [-0.05, 0) is 62.7 Å². The first-order chi connectivity index (χ1) is 15.1. The molecule has 0 aromatic rings. The number of hydrogen-bond acceptors (Lipinski definition) is 6. The monoisotopic (exact) mass is 448 g/mol. The summed E-state index contributed by atoms with van der Waals surface area (Å²) in [5.41, 5.74) is 2.32. The van der Waals surface area contributed by atoms with Crippen molar-refractivity contribution in [2.45, 2.75) is 78.6 Å². The van der Waals surface area contributed by atoms with Crippen molar-refractivity contribution in [1.82, 2.24) is 0 Å². The molecule has 2 aliphatic rings. The number of fused-ring (bicyclic) bond motifs is 1. The van der Waals surface area contributed by atoms with E-state index in [2.05, 4.69) is 25.2 Å². The maximum Gasteiger partial charge on any atom is 0.330 e. The summed E-state index contributed by atoms with van der Waals surface area (Å²) in [6.45, 7) is 11.4. The summed E-state index contributed by atoms with van der Waals surface area (Å²) < 4.78 is 15.0. The molecule has 0 aromatic heterocycles. The fourth-order valence-corrected chi connectivity index (χ4v) is 6.12. The van der Waals surface area contributed by atoms with E-state index in [1.165, 1.54) is 19.8 Å². The Labute approximate surface area is 192 Å². The molecule has 32 heavy (non-hydrogen) atoms. The van der Waals surface area contributed by atoms with Gasteiger partial charge in [0.25, 0.3) is 0 Å². The molecule has 6 nitrogen and oxygen atoms in total. The molecule has 6 heteroatoms. The van der Waals surface area contributed by atoms with Gasteiger partial charge in [-0.2, -0.15) is 0 Å². The highest BCUT2D eigenvalue weighted by molar-refractivity contribution is 5.82. The van der Waals surface area contributed by atoms with Crippen LogP contribution in [0.4, 0.5) is 0 Å². The summed E-state index contributed by atoms with van der Waals surface area (Å²) in [6, 6.07) is 0. The maximum absolute atomic E-state index is 12.2. The van der Waals surface area contributed by atoms with Crippen LogP contribution in [0.1, 0.15) is 78.6 Å². The van der Waals surface area contributed by atoms with Crippen LogP contribution in [0.5, 0.6) is 0 Å². The standard InChI is InChI=1S/C26H40O6/c1-18(16-24(29)31-6)8-10-20-19(2)9-11-21-25(3,14-7-15-26(20,21)4)17-32-23(28)13-12-22(27)30-5/h16,20-21H,2,7-15,17H2,1,3-6H3. The lowest BCUT2D eigenvalue weighted by molar-refractivity contribution is -0.157. The molecule has 0 bridgehead atoms. The summed E-state index contributed by atoms with van der Waals surface area (Å²) in [5, 5.41) is 0. The number of hydrogen-bond donors (Lipinski definition) is 0. The molecule has 4 unspecified atom stereocenters. The molecule has 2 aliphatic carbocycles. The minimum absolute atomic E-state index is 0.0491. The van der Waals surface area contributed by atoms with Gasteiger partial charge in [0.15, 0.2) is 0 Å². The number of ether oxygens (including phenoxy) is 3. The molecule has 0 radical (unpaired) electrons. The van der Waals surface area contributed by atoms with Crippen LogP contribution in [0.15, 0.2) is 23.8 Å². The van der Waals surface area contributed by atoms with Crippen LogP contribution in [0.25, 0.3) is 0 Å². The van der Waals surface area contributed by atoms with Crippen molar-refractivity contribution in [3.05, 3.63) is 23.8 Å². The van der Waals surface area contributed by atoms with E-state index in [1.807, 2.05) is 6.92 Å². The highest BCUT2D eigenvalue weighted by Crippen LogP contribution is 2.62. The third kappa shape index (κ3) is 6.23. The second-order valence-electron chi connectivity index (χ2n) is 10.1. The van der Waals surface area contributed by atoms with Crippen molar-refractivity contribution in [2.24, 2.45) is 22.7 Å². The highest BCUT2D eigenvalue weighted by atomic mass is 16.5. The normalized spacial score (nSPS) is 30.3. The largest absolute Gasteiger partial charge is 0.469 e. The minimum atomic E-state index is -0.399. The molecule has 0 N–H and O–H groups in total. The van der Waals surface area contributed by atoms with E-state index in [0.29, 0.717) is 18.4 Å². The van der Waals surface area contributed by atoms with E-state index in [0.717, 1.165) is 50.5 Å². The van der Waals surface area contributed by atoms with Crippen LogP contribution >= 0.6 is 0 Å². The molecule has 0 aromatic carbocycles. The van der Waals surface area contributed by atoms with Crippen molar-refractivity contribution < 1.29 is 28.6 Å². The average molecular weight is 449 g/mol. The first-order valence-corrected chi connectivity index (χ1v) is 11.7. The lowest BCUT2D eigenvalue weighted by Gasteiger charge is -2.58. The number of allylic oxidation sites excluding steroid dienone is 2. The summed E-state index contributed by atoms with van der Waals surface area (Å²) in [7, 11) is 2.71. The second kappa shape index (κ2) is 11.2. The number of carbonyl (C=O) groups excluding carboxylic acids is 3. The Morgan fingerprint density at radius 1 is 1.06 bits per heavy atom. The molecule has 4 atom stereocenters. The van der Waals surface area contributed by atoms with Crippen LogP contribution in [0.2, 0.25) is 0 Å². The summed E-state index contributed by atoms with van der Waals surface area (Å²) in [4.78, 5) is 35.1. The molecule has 2 fully saturated rings. The van der Waals surface area contributed by atoms with Crippen molar-refractivity contribution >= 4 is 17.9 Å². The molecule has 0 amide bonds. The van der Waals surface area contributed by atoms with Gasteiger partial charge in [0, 0.05) is 11.5 Å². The Bertz CT molecular complexity index is 753. The Hall–Kier alpha value is -2.11. The number of carbonyl (C=O) groups is 3. The van der Waals surface area contributed by atoms with E-state index >= 15 is 0 Å². The van der Waals surface area contributed by atoms with Gasteiger partial charge in [-0.25, -0.2) is 4.79 Å². The lowest BCUT2D eigenvalue weighted by Crippen LogP contribution is -2.52. The number of rotatable bonds is 9. The van der Waals surface area contributed by atoms with Gasteiger partial charge in [0.1, 0.15) is 0 Å².